The molecule has 0 bridgehead atoms. The minimum absolute atomic E-state index is 0.968. The van der Waals surface area contributed by atoms with Gasteiger partial charge in [-0.05, 0) is 35.4 Å². The number of hydrogen-bond acceptors (Lipinski definition) is 1. The Bertz CT molecular complexity index is 634. The van der Waals surface area contributed by atoms with Crippen LogP contribution in [-0.2, 0) is 0 Å². The summed E-state index contributed by atoms with van der Waals surface area (Å²) < 4.78 is 5.33. The molecule has 0 aliphatic rings. The van der Waals surface area contributed by atoms with Crippen molar-refractivity contribution in [2.24, 2.45) is 0 Å². The lowest BCUT2D eigenvalue weighted by molar-refractivity contribution is 0.535. The molecule has 16 heavy (non-hydrogen) atoms. The molecule has 3 aromatic rings. The quantitative estimate of drug-likeness (QED) is 0.577. The number of aryl methyl sites for hydroxylation is 1. The third kappa shape index (κ3) is 1.41. The van der Waals surface area contributed by atoms with Gasteiger partial charge in [-0.3, -0.25) is 0 Å². The summed E-state index contributed by atoms with van der Waals surface area (Å²) in [5, 5.41) is 2.54. The summed E-state index contributed by atoms with van der Waals surface area (Å²) in [5.41, 5.74) is 2.38. The van der Waals surface area contributed by atoms with Crippen LogP contribution in [-0.4, -0.2) is 0 Å². The largest absolute Gasteiger partial charge is 0.469 e. The van der Waals surface area contributed by atoms with Crippen molar-refractivity contribution in [2.45, 2.75) is 6.92 Å². The Hall–Kier alpha value is -2.02. The molecule has 0 N–H and O–H groups in total. The van der Waals surface area contributed by atoms with Crippen molar-refractivity contribution < 1.29 is 4.42 Å². The van der Waals surface area contributed by atoms with Gasteiger partial charge in [0.2, 0.25) is 0 Å². The smallest absolute Gasteiger partial charge is 0.108 e. The van der Waals surface area contributed by atoms with Gasteiger partial charge < -0.3 is 4.42 Å². The Morgan fingerprint density at radius 2 is 1.69 bits per heavy atom. The van der Waals surface area contributed by atoms with E-state index < -0.39 is 0 Å². The molecular weight excluding hydrogens is 196 g/mol. The van der Waals surface area contributed by atoms with E-state index in [9.17, 15) is 0 Å². The zero-order chi connectivity index (χ0) is 11.0. The van der Waals surface area contributed by atoms with E-state index in [1.165, 1.54) is 21.9 Å². The van der Waals surface area contributed by atoms with E-state index in [0.717, 1.165) is 5.76 Å². The molecule has 0 unspecified atom stereocenters. The average Bonchev–Trinajstić information content (AvgIpc) is 2.75. The van der Waals surface area contributed by atoms with Gasteiger partial charge in [-0.15, -0.1) is 0 Å². The molecule has 0 amide bonds. The van der Waals surface area contributed by atoms with Gasteiger partial charge >= 0.3 is 0 Å². The molecule has 0 aliphatic heterocycles. The maximum Gasteiger partial charge on any atom is 0.108 e. The lowest BCUT2D eigenvalue weighted by atomic mass is 10.0. The highest BCUT2D eigenvalue weighted by Gasteiger charge is 2.04. The second-order valence-electron chi connectivity index (χ2n) is 3.95. The fraction of sp³-hybridized carbons (Fsp3) is 0.0667. The summed E-state index contributed by atoms with van der Waals surface area (Å²) in [7, 11) is 0. The number of fused-ring (bicyclic) bond motifs is 1. The highest BCUT2D eigenvalue weighted by atomic mass is 16.3. The van der Waals surface area contributed by atoms with Gasteiger partial charge in [0.25, 0.3) is 0 Å². The SMILES string of the molecule is Cc1occc1-c1ccc2ccccc2c1. The standard InChI is InChI=1S/C15H12O/c1-11-15(8-9-16-11)14-7-6-12-4-2-3-5-13(12)10-14/h2-10H,1H3. The maximum absolute atomic E-state index is 5.33. The molecule has 1 heterocycles. The lowest BCUT2D eigenvalue weighted by Crippen LogP contribution is -1.78. The molecular formula is C15H12O. The summed E-state index contributed by atoms with van der Waals surface area (Å²) in [6, 6.07) is 16.9. The van der Waals surface area contributed by atoms with Crippen LogP contribution in [0.15, 0.2) is 59.2 Å². The van der Waals surface area contributed by atoms with Gasteiger partial charge in [0, 0.05) is 5.56 Å². The van der Waals surface area contributed by atoms with E-state index in [1.807, 2.05) is 13.0 Å². The van der Waals surface area contributed by atoms with Crippen LogP contribution >= 0.6 is 0 Å². The van der Waals surface area contributed by atoms with Crippen LogP contribution in [0.25, 0.3) is 21.9 Å². The van der Waals surface area contributed by atoms with Crippen LogP contribution in [0, 0.1) is 6.92 Å². The van der Waals surface area contributed by atoms with E-state index in [1.54, 1.807) is 6.26 Å². The zero-order valence-corrected chi connectivity index (χ0v) is 9.10. The lowest BCUT2D eigenvalue weighted by Gasteiger charge is -2.02. The Morgan fingerprint density at radius 3 is 2.44 bits per heavy atom. The van der Waals surface area contributed by atoms with Crippen molar-refractivity contribution in [2.75, 3.05) is 0 Å². The Balaban J connectivity index is 2.23. The van der Waals surface area contributed by atoms with E-state index in [2.05, 4.69) is 42.5 Å². The molecule has 0 fully saturated rings. The molecule has 0 saturated heterocycles. The molecule has 0 spiro atoms. The third-order valence-corrected chi connectivity index (χ3v) is 2.92. The molecule has 0 atom stereocenters. The van der Waals surface area contributed by atoms with Crippen molar-refractivity contribution in [3.8, 4) is 11.1 Å². The number of rotatable bonds is 1. The molecule has 0 radical (unpaired) electrons. The van der Waals surface area contributed by atoms with Crippen molar-refractivity contribution in [1.82, 2.24) is 0 Å². The fourth-order valence-electron chi connectivity index (χ4n) is 2.04. The molecule has 78 valence electrons. The number of hydrogen-bond donors (Lipinski definition) is 0. The van der Waals surface area contributed by atoms with Gasteiger partial charge in [-0.1, -0.05) is 36.4 Å². The summed E-state index contributed by atoms with van der Waals surface area (Å²) >= 11 is 0. The van der Waals surface area contributed by atoms with E-state index >= 15 is 0 Å². The minimum Gasteiger partial charge on any atom is -0.469 e. The highest BCUT2D eigenvalue weighted by molar-refractivity contribution is 5.87. The third-order valence-electron chi connectivity index (χ3n) is 2.92. The Morgan fingerprint density at radius 1 is 0.875 bits per heavy atom. The number of furan rings is 1. The van der Waals surface area contributed by atoms with Crippen LogP contribution in [0.3, 0.4) is 0 Å². The second-order valence-corrected chi connectivity index (χ2v) is 3.95. The van der Waals surface area contributed by atoms with Crippen molar-refractivity contribution in [3.05, 3.63) is 60.6 Å². The monoisotopic (exact) mass is 208 g/mol. The van der Waals surface area contributed by atoms with Crippen LogP contribution in [0.1, 0.15) is 5.76 Å². The minimum atomic E-state index is 0.968. The first-order chi connectivity index (χ1) is 7.84. The molecule has 1 nitrogen and oxygen atoms in total. The predicted octanol–water partition coefficient (Wildman–Crippen LogP) is 4.41. The molecule has 0 aliphatic carbocycles. The van der Waals surface area contributed by atoms with Gasteiger partial charge in [0.05, 0.1) is 6.26 Å². The van der Waals surface area contributed by atoms with Crippen LogP contribution in [0.2, 0.25) is 0 Å². The van der Waals surface area contributed by atoms with Gasteiger partial charge in [-0.2, -0.15) is 0 Å². The summed E-state index contributed by atoms with van der Waals surface area (Å²) in [6.45, 7) is 1.99. The maximum atomic E-state index is 5.33. The molecule has 1 aromatic heterocycles. The topological polar surface area (TPSA) is 13.1 Å². The van der Waals surface area contributed by atoms with Gasteiger partial charge in [0.15, 0.2) is 0 Å². The Kier molecular flexibility index (Phi) is 2.03. The fourth-order valence-corrected chi connectivity index (χ4v) is 2.04. The molecule has 2 aromatic carbocycles. The molecule has 3 rings (SSSR count). The van der Waals surface area contributed by atoms with Crippen molar-refractivity contribution in [1.29, 1.82) is 0 Å². The van der Waals surface area contributed by atoms with Crippen LogP contribution < -0.4 is 0 Å². The van der Waals surface area contributed by atoms with E-state index in [0.29, 0.717) is 0 Å². The van der Waals surface area contributed by atoms with Gasteiger partial charge in [0.1, 0.15) is 5.76 Å². The summed E-state index contributed by atoms with van der Waals surface area (Å²) in [4.78, 5) is 0. The van der Waals surface area contributed by atoms with Gasteiger partial charge in [-0.25, -0.2) is 0 Å². The Labute approximate surface area is 94.3 Å². The summed E-state index contributed by atoms with van der Waals surface area (Å²) in [6.07, 6.45) is 1.74. The van der Waals surface area contributed by atoms with Crippen molar-refractivity contribution >= 4 is 10.8 Å². The molecule has 0 saturated carbocycles. The number of benzene rings is 2. The van der Waals surface area contributed by atoms with Crippen LogP contribution in [0.4, 0.5) is 0 Å². The van der Waals surface area contributed by atoms with E-state index in [4.69, 9.17) is 4.42 Å². The van der Waals surface area contributed by atoms with Crippen molar-refractivity contribution in [3.63, 3.8) is 0 Å². The molecule has 1 heteroatoms. The average molecular weight is 208 g/mol. The highest BCUT2D eigenvalue weighted by Crippen LogP contribution is 2.27. The normalized spacial score (nSPS) is 10.8. The second kappa shape index (κ2) is 3.53. The first-order valence-corrected chi connectivity index (χ1v) is 5.38. The van der Waals surface area contributed by atoms with E-state index in [-0.39, 0.29) is 0 Å². The first kappa shape index (κ1) is 9.22. The zero-order valence-electron chi connectivity index (χ0n) is 9.10. The summed E-state index contributed by atoms with van der Waals surface area (Å²) in [5.74, 6) is 0.968. The van der Waals surface area contributed by atoms with Crippen LogP contribution in [0.5, 0.6) is 0 Å². The predicted molar refractivity (Wildman–Crippen MR) is 66.4 cm³/mol. The first-order valence-electron chi connectivity index (χ1n) is 5.38.